The maximum atomic E-state index is 6.19. The highest BCUT2D eigenvalue weighted by molar-refractivity contribution is 4.87. The molecule has 2 aliphatic rings. The van der Waals surface area contributed by atoms with E-state index in [9.17, 15) is 0 Å². The minimum Gasteiger partial charge on any atom is -0.350 e. The molecule has 1 aliphatic heterocycles. The molecule has 0 aromatic heterocycles. The van der Waals surface area contributed by atoms with Gasteiger partial charge in [-0.2, -0.15) is 0 Å². The van der Waals surface area contributed by atoms with Crippen molar-refractivity contribution in [3.05, 3.63) is 0 Å². The van der Waals surface area contributed by atoms with Crippen LogP contribution in [0.2, 0.25) is 0 Å². The molecule has 82 valence electrons. The Bertz CT molecular complexity index is 204. The normalized spacial score (nSPS) is 35.8. The molecule has 0 radical (unpaired) electrons. The van der Waals surface area contributed by atoms with Gasteiger partial charge in [-0.15, -0.1) is 0 Å². The second kappa shape index (κ2) is 3.49. The van der Waals surface area contributed by atoms with Gasteiger partial charge in [0.25, 0.3) is 0 Å². The van der Waals surface area contributed by atoms with Gasteiger partial charge in [0, 0.05) is 18.8 Å². The van der Waals surface area contributed by atoms with Crippen molar-refractivity contribution >= 4 is 0 Å². The van der Waals surface area contributed by atoms with Crippen LogP contribution in [0, 0.1) is 5.92 Å². The van der Waals surface area contributed by atoms with E-state index < -0.39 is 0 Å². The molecule has 1 saturated carbocycles. The summed E-state index contributed by atoms with van der Waals surface area (Å²) in [5.41, 5.74) is -0.0183. The second-order valence-electron chi connectivity index (χ2n) is 5.39. The van der Waals surface area contributed by atoms with Gasteiger partial charge >= 0.3 is 0 Å². The fraction of sp³-hybridized carbons (Fsp3) is 1.00. The summed E-state index contributed by atoms with van der Waals surface area (Å²) in [7, 11) is 0. The molecule has 2 rings (SSSR count). The lowest BCUT2D eigenvalue weighted by Crippen LogP contribution is -2.54. The monoisotopic (exact) mass is 198 g/mol. The van der Waals surface area contributed by atoms with Crippen LogP contribution in [-0.2, 0) is 9.47 Å². The smallest absolute Gasteiger partial charge is 0.169 e. The topological polar surface area (TPSA) is 18.5 Å². The molecule has 0 aromatic carbocycles. The first-order valence-electron chi connectivity index (χ1n) is 5.88. The third kappa shape index (κ3) is 1.82. The zero-order valence-electron chi connectivity index (χ0n) is 9.64. The van der Waals surface area contributed by atoms with Crippen LogP contribution in [0.25, 0.3) is 0 Å². The van der Waals surface area contributed by atoms with Crippen molar-refractivity contribution in [3.8, 4) is 0 Å². The number of hydrogen-bond acceptors (Lipinski definition) is 2. The zero-order valence-corrected chi connectivity index (χ0v) is 9.64. The van der Waals surface area contributed by atoms with Crippen LogP contribution in [0.1, 0.15) is 52.9 Å². The van der Waals surface area contributed by atoms with Gasteiger partial charge in [-0.25, -0.2) is 0 Å². The van der Waals surface area contributed by atoms with Gasteiger partial charge in [0.15, 0.2) is 5.79 Å². The van der Waals surface area contributed by atoms with Crippen LogP contribution in [-0.4, -0.2) is 18.0 Å². The summed E-state index contributed by atoms with van der Waals surface area (Å²) in [4.78, 5) is 0. The Kier molecular flexibility index (Phi) is 2.61. The van der Waals surface area contributed by atoms with E-state index in [-0.39, 0.29) is 11.4 Å². The van der Waals surface area contributed by atoms with E-state index in [0.717, 1.165) is 19.4 Å². The Morgan fingerprint density at radius 1 is 1.07 bits per heavy atom. The third-order valence-electron chi connectivity index (χ3n) is 3.85. The molecule has 2 fully saturated rings. The molecule has 0 bridgehead atoms. The highest BCUT2D eigenvalue weighted by Gasteiger charge is 2.45. The Morgan fingerprint density at radius 3 is 2.29 bits per heavy atom. The molecule has 0 N–H and O–H groups in total. The maximum Gasteiger partial charge on any atom is 0.169 e. The number of rotatable bonds is 0. The molecule has 2 heteroatoms. The average molecular weight is 198 g/mol. The van der Waals surface area contributed by atoms with Crippen LogP contribution >= 0.6 is 0 Å². The van der Waals surface area contributed by atoms with Crippen LogP contribution < -0.4 is 0 Å². The molecule has 0 aromatic rings. The van der Waals surface area contributed by atoms with Crippen molar-refractivity contribution in [1.82, 2.24) is 0 Å². The minimum absolute atomic E-state index is 0.0183. The molecule has 14 heavy (non-hydrogen) atoms. The molecule has 1 spiro atoms. The van der Waals surface area contributed by atoms with Gasteiger partial charge in [0.2, 0.25) is 0 Å². The Hall–Kier alpha value is -0.0800. The lowest BCUT2D eigenvalue weighted by Gasteiger charge is -2.50. The summed E-state index contributed by atoms with van der Waals surface area (Å²) in [5, 5.41) is 0. The first-order valence-corrected chi connectivity index (χ1v) is 5.88. The molecule has 1 aliphatic carbocycles. The van der Waals surface area contributed by atoms with Crippen molar-refractivity contribution in [2.24, 2.45) is 5.92 Å². The quantitative estimate of drug-likeness (QED) is 0.595. The summed E-state index contributed by atoms with van der Waals surface area (Å²) in [6.07, 6.45) is 6.02. The fourth-order valence-electron chi connectivity index (χ4n) is 2.42. The van der Waals surface area contributed by atoms with E-state index in [1.807, 2.05) is 0 Å². The van der Waals surface area contributed by atoms with E-state index in [2.05, 4.69) is 20.8 Å². The van der Waals surface area contributed by atoms with Gasteiger partial charge in [-0.3, -0.25) is 0 Å². The second-order valence-corrected chi connectivity index (χ2v) is 5.39. The molecular weight excluding hydrogens is 176 g/mol. The average Bonchev–Trinajstić information content (AvgIpc) is 2.13. The summed E-state index contributed by atoms with van der Waals surface area (Å²) in [6.45, 7) is 7.44. The van der Waals surface area contributed by atoms with Crippen molar-refractivity contribution in [1.29, 1.82) is 0 Å². The van der Waals surface area contributed by atoms with Crippen LogP contribution in [0.15, 0.2) is 0 Å². The predicted molar refractivity (Wildman–Crippen MR) is 56.1 cm³/mol. The standard InChI is InChI=1S/C12H22O2/c1-10-9-13-12(14-11(10,2)3)7-5-4-6-8-12/h10H,4-9H2,1-3H3. The van der Waals surface area contributed by atoms with Crippen molar-refractivity contribution in [2.75, 3.05) is 6.61 Å². The van der Waals surface area contributed by atoms with E-state index in [1.54, 1.807) is 0 Å². The van der Waals surface area contributed by atoms with Crippen molar-refractivity contribution < 1.29 is 9.47 Å². The molecule has 1 heterocycles. The molecule has 1 saturated heterocycles. The zero-order chi connectivity index (χ0) is 10.2. The van der Waals surface area contributed by atoms with E-state index >= 15 is 0 Å². The lowest BCUT2D eigenvalue weighted by molar-refractivity contribution is -0.346. The van der Waals surface area contributed by atoms with Gasteiger partial charge in [-0.05, 0) is 26.7 Å². The van der Waals surface area contributed by atoms with E-state index in [1.165, 1.54) is 19.3 Å². The van der Waals surface area contributed by atoms with E-state index in [4.69, 9.17) is 9.47 Å². The molecule has 1 unspecified atom stereocenters. The summed E-state index contributed by atoms with van der Waals surface area (Å²) in [5.74, 6) is 0.268. The van der Waals surface area contributed by atoms with Crippen LogP contribution in [0.4, 0.5) is 0 Å². The highest BCUT2D eigenvalue weighted by Crippen LogP contribution is 2.42. The Balaban J connectivity index is 2.07. The first-order chi connectivity index (χ1) is 6.54. The minimum atomic E-state index is -0.228. The summed E-state index contributed by atoms with van der Waals surface area (Å²) >= 11 is 0. The SMILES string of the molecule is CC1COC2(CCCCC2)OC1(C)C. The first kappa shape index (κ1) is 10.4. The van der Waals surface area contributed by atoms with Crippen LogP contribution in [0.3, 0.4) is 0 Å². The van der Waals surface area contributed by atoms with Crippen LogP contribution in [0.5, 0.6) is 0 Å². The summed E-state index contributed by atoms with van der Waals surface area (Å²) < 4.78 is 12.1. The van der Waals surface area contributed by atoms with Gasteiger partial charge in [0.1, 0.15) is 0 Å². The summed E-state index contributed by atoms with van der Waals surface area (Å²) in [6, 6.07) is 0. The Morgan fingerprint density at radius 2 is 1.71 bits per heavy atom. The molecule has 1 atom stereocenters. The predicted octanol–water partition coefficient (Wildman–Crippen LogP) is 3.11. The van der Waals surface area contributed by atoms with E-state index in [0.29, 0.717) is 5.92 Å². The largest absolute Gasteiger partial charge is 0.350 e. The van der Waals surface area contributed by atoms with Crippen molar-refractivity contribution in [3.63, 3.8) is 0 Å². The fourth-order valence-corrected chi connectivity index (χ4v) is 2.42. The molecule has 0 amide bonds. The third-order valence-corrected chi connectivity index (χ3v) is 3.85. The highest BCUT2D eigenvalue weighted by atomic mass is 16.7. The number of ether oxygens (including phenoxy) is 2. The molecular formula is C12H22O2. The molecule has 2 nitrogen and oxygen atoms in total. The van der Waals surface area contributed by atoms with Gasteiger partial charge in [-0.1, -0.05) is 13.3 Å². The lowest BCUT2D eigenvalue weighted by atomic mass is 9.87. The maximum absolute atomic E-state index is 6.19. The number of hydrogen-bond donors (Lipinski definition) is 0. The van der Waals surface area contributed by atoms with Gasteiger partial charge in [0.05, 0.1) is 12.2 Å². The Labute approximate surface area is 87.0 Å². The van der Waals surface area contributed by atoms with Gasteiger partial charge < -0.3 is 9.47 Å². The van der Waals surface area contributed by atoms with Crippen molar-refractivity contribution in [2.45, 2.75) is 64.3 Å².